The van der Waals surface area contributed by atoms with Gasteiger partial charge in [-0.05, 0) is 56.2 Å². The van der Waals surface area contributed by atoms with Gasteiger partial charge < -0.3 is 15.0 Å². The number of hydrogen-bond donors (Lipinski definition) is 2. The minimum atomic E-state index is -3.68. The largest absolute Gasteiger partial charge is 0.381 e. The number of fused-ring (bicyclic) bond motifs is 1. The van der Waals surface area contributed by atoms with Gasteiger partial charge in [-0.1, -0.05) is 11.3 Å². The van der Waals surface area contributed by atoms with Crippen LogP contribution in [0.1, 0.15) is 43.6 Å². The van der Waals surface area contributed by atoms with Crippen molar-refractivity contribution in [2.24, 2.45) is 5.92 Å². The van der Waals surface area contributed by atoms with Crippen molar-refractivity contribution in [3.05, 3.63) is 46.5 Å². The number of carbonyl (C=O) groups is 1. The number of rotatable bonds is 7. The number of carbonyl (C=O) groups excluding carboxylic acids is 1. The highest BCUT2D eigenvalue weighted by molar-refractivity contribution is 7.92. The molecule has 0 spiro atoms. The van der Waals surface area contributed by atoms with Gasteiger partial charge in [0.1, 0.15) is 10.3 Å². The van der Waals surface area contributed by atoms with Crippen LogP contribution in [-0.4, -0.2) is 47.7 Å². The lowest BCUT2D eigenvalue weighted by Crippen LogP contribution is -2.32. The molecular formula is C22H24N4O5S2. The summed E-state index contributed by atoms with van der Waals surface area (Å²) in [6, 6.07) is 4.98. The monoisotopic (exact) mass is 488 g/mol. The maximum Gasteiger partial charge on any atom is 0.253 e. The van der Waals surface area contributed by atoms with Gasteiger partial charge in [-0.25, -0.2) is 18.4 Å². The lowest BCUT2D eigenvalue weighted by Gasteiger charge is -2.26. The summed E-state index contributed by atoms with van der Waals surface area (Å²) >= 11 is 1.23. The number of nitrogens with one attached hydrogen (secondary N) is 2. The first-order valence-corrected chi connectivity index (χ1v) is 13.4. The minimum absolute atomic E-state index is 0.0210. The molecule has 1 saturated heterocycles. The molecule has 2 fully saturated rings. The van der Waals surface area contributed by atoms with E-state index in [0.717, 1.165) is 12.8 Å². The molecule has 0 unspecified atom stereocenters. The zero-order chi connectivity index (χ0) is 23.0. The van der Waals surface area contributed by atoms with E-state index in [1.54, 1.807) is 18.3 Å². The Morgan fingerprint density at radius 1 is 1.24 bits per heavy atom. The highest BCUT2D eigenvalue weighted by Crippen LogP contribution is 2.38. The fourth-order valence-corrected chi connectivity index (χ4v) is 7.02. The number of anilines is 1. The predicted octanol–water partition coefficient (Wildman–Crippen LogP) is 2.85. The molecule has 0 aromatic carbocycles. The first-order chi connectivity index (χ1) is 15.9. The fraction of sp³-hybridized carbons (Fsp3) is 0.455. The van der Waals surface area contributed by atoms with Crippen molar-refractivity contribution in [1.29, 1.82) is 0 Å². The molecule has 0 bridgehead atoms. The summed E-state index contributed by atoms with van der Waals surface area (Å²) in [6.07, 6.45) is 6.00. The van der Waals surface area contributed by atoms with Crippen molar-refractivity contribution in [1.82, 2.24) is 15.0 Å². The third kappa shape index (κ3) is 4.57. The Bertz CT molecular complexity index is 1310. The second kappa shape index (κ2) is 8.96. The average Bonchev–Trinajstić information content (AvgIpc) is 3.59. The maximum atomic E-state index is 13.5. The number of nitrogens with zero attached hydrogens (tertiary/aromatic N) is 2. The highest BCUT2D eigenvalue weighted by atomic mass is 32.2. The van der Waals surface area contributed by atoms with Crippen LogP contribution in [0.25, 0.3) is 10.3 Å². The molecule has 33 heavy (non-hydrogen) atoms. The molecule has 5 rings (SSSR count). The van der Waals surface area contributed by atoms with Gasteiger partial charge in [0.2, 0.25) is 5.91 Å². The average molecular weight is 489 g/mol. The first kappa shape index (κ1) is 22.2. The Balaban J connectivity index is 1.53. The Kier molecular flexibility index (Phi) is 6.02. The number of aromatic nitrogens is 3. The molecule has 11 heteroatoms. The SMILES string of the molecule is O=C(Nc1nc2cccnc2s1)[C@H](CC1CCOCC1)c1c(S(=O)(=O)C2CC2)cc[nH]c1=O. The number of H-pyrrole nitrogens is 1. The third-order valence-electron chi connectivity index (χ3n) is 6.20. The summed E-state index contributed by atoms with van der Waals surface area (Å²) < 4.78 is 31.7. The standard InChI is InChI=1S/C22H24N4O5S2/c27-19(26-22-25-16-2-1-8-24-21(16)32-22)15(12-13-6-10-31-11-7-13)18-17(5-9-23-20(18)28)33(29,30)14-3-4-14/h1-2,5,8-9,13-15H,3-4,6-7,10-12H2,(H,23,28)(H,25,26,27)/t15-/m1/s1. The van der Waals surface area contributed by atoms with Crippen LogP contribution in [0.2, 0.25) is 0 Å². The molecule has 0 radical (unpaired) electrons. The minimum Gasteiger partial charge on any atom is -0.381 e. The molecule has 1 amide bonds. The Morgan fingerprint density at radius 2 is 2.03 bits per heavy atom. The Labute approximate surface area is 194 Å². The Morgan fingerprint density at radius 3 is 2.76 bits per heavy atom. The van der Waals surface area contributed by atoms with E-state index < -0.39 is 32.5 Å². The van der Waals surface area contributed by atoms with E-state index >= 15 is 0 Å². The van der Waals surface area contributed by atoms with Gasteiger partial charge in [0.15, 0.2) is 15.0 Å². The van der Waals surface area contributed by atoms with Crippen LogP contribution in [0.15, 0.2) is 40.3 Å². The van der Waals surface area contributed by atoms with Gasteiger partial charge in [-0.2, -0.15) is 0 Å². The molecule has 1 atom stereocenters. The number of ether oxygens (including phenoxy) is 1. The van der Waals surface area contributed by atoms with Gasteiger partial charge in [0.05, 0.1) is 16.1 Å². The number of pyridine rings is 2. The summed E-state index contributed by atoms with van der Waals surface area (Å²) in [6.45, 7) is 1.17. The van der Waals surface area contributed by atoms with Crippen molar-refractivity contribution < 1.29 is 17.9 Å². The molecule has 9 nitrogen and oxygen atoms in total. The van der Waals surface area contributed by atoms with Crippen LogP contribution in [-0.2, 0) is 19.4 Å². The maximum absolute atomic E-state index is 13.5. The van der Waals surface area contributed by atoms with Crippen LogP contribution in [0, 0.1) is 5.92 Å². The van der Waals surface area contributed by atoms with Crippen molar-refractivity contribution in [3.8, 4) is 0 Å². The molecule has 1 aliphatic heterocycles. The van der Waals surface area contributed by atoms with E-state index in [1.165, 1.54) is 23.6 Å². The number of thiazole rings is 1. The van der Waals surface area contributed by atoms with Crippen LogP contribution in [0.4, 0.5) is 5.13 Å². The van der Waals surface area contributed by atoms with E-state index in [2.05, 4.69) is 20.3 Å². The van der Waals surface area contributed by atoms with Crippen molar-refractivity contribution in [2.45, 2.75) is 48.2 Å². The molecular weight excluding hydrogens is 464 g/mol. The Hall–Kier alpha value is -2.63. The summed E-state index contributed by atoms with van der Waals surface area (Å²) in [5.74, 6) is -1.23. The van der Waals surface area contributed by atoms with E-state index in [4.69, 9.17) is 4.74 Å². The number of sulfone groups is 1. The quantitative estimate of drug-likeness (QED) is 0.523. The molecule has 2 N–H and O–H groups in total. The number of aromatic amines is 1. The first-order valence-electron chi connectivity index (χ1n) is 11.0. The topological polar surface area (TPSA) is 131 Å². The fourth-order valence-electron chi connectivity index (χ4n) is 4.30. The molecule has 1 saturated carbocycles. The van der Waals surface area contributed by atoms with Crippen LogP contribution >= 0.6 is 11.3 Å². The molecule has 1 aliphatic carbocycles. The van der Waals surface area contributed by atoms with Gasteiger partial charge >= 0.3 is 0 Å². The van der Waals surface area contributed by atoms with Crippen LogP contribution in [0.5, 0.6) is 0 Å². The smallest absolute Gasteiger partial charge is 0.253 e. The van der Waals surface area contributed by atoms with Crippen molar-refractivity contribution in [3.63, 3.8) is 0 Å². The van der Waals surface area contributed by atoms with Crippen molar-refractivity contribution in [2.75, 3.05) is 18.5 Å². The summed E-state index contributed by atoms with van der Waals surface area (Å²) in [7, 11) is -3.68. The zero-order valence-corrected chi connectivity index (χ0v) is 19.5. The second-order valence-corrected chi connectivity index (χ2v) is 11.7. The predicted molar refractivity (Wildman–Crippen MR) is 124 cm³/mol. The molecule has 174 valence electrons. The van der Waals surface area contributed by atoms with Gasteiger partial charge in [0.25, 0.3) is 5.56 Å². The van der Waals surface area contributed by atoms with Gasteiger partial charge in [0, 0.05) is 31.2 Å². The van der Waals surface area contributed by atoms with Gasteiger partial charge in [-0.3, -0.25) is 9.59 Å². The van der Waals surface area contributed by atoms with Crippen LogP contribution < -0.4 is 10.9 Å². The summed E-state index contributed by atoms with van der Waals surface area (Å²) in [5.41, 5.74) is 0.135. The van der Waals surface area contributed by atoms with Gasteiger partial charge in [-0.15, -0.1) is 0 Å². The van der Waals surface area contributed by atoms with E-state index in [0.29, 0.717) is 48.0 Å². The van der Waals surface area contributed by atoms with Crippen LogP contribution in [0.3, 0.4) is 0 Å². The normalized spacial score (nSPS) is 18.3. The third-order valence-corrected chi connectivity index (χ3v) is 9.41. The van der Waals surface area contributed by atoms with Crippen molar-refractivity contribution >= 4 is 42.6 Å². The molecule has 4 heterocycles. The second-order valence-electron chi connectivity index (χ2n) is 8.51. The lowest BCUT2D eigenvalue weighted by molar-refractivity contribution is -0.118. The van der Waals surface area contributed by atoms with E-state index in [9.17, 15) is 18.0 Å². The number of hydrogen-bond acceptors (Lipinski definition) is 8. The zero-order valence-electron chi connectivity index (χ0n) is 17.8. The lowest BCUT2D eigenvalue weighted by atomic mass is 9.85. The summed E-state index contributed by atoms with van der Waals surface area (Å²) in [4.78, 5) is 38.4. The highest BCUT2D eigenvalue weighted by Gasteiger charge is 2.41. The molecule has 3 aromatic heterocycles. The molecule has 3 aromatic rings. The number of amides is 1. The van der Waals surface area contributed by atoms with E-state index in [-0.39, 0.29) is 16.4 Å². The summed E-state index contributed by atoms with van der Waals surface area (Å²) in [5, 5.41) is 2.70. The molecule has 2 aliphatic rings. The van der Waals surface area contributed by atoms with E-state index in [1.807, 2.05) is 0 Å².